The van der Waals surface area contributed by atoms with E-state index < -0.39 is 18.5 Å². The highest BCUT2D eigenvalue weighted by Crippen LogP contribution is 2.14. The summed E-state index contributed by atoms with van der Waals surface area (Å²) < 4.78 is 6.61. The second kappa shape index (κ2) is 7.34. The highest BCUT2D eigenvalue weighted by atomic mass is 16.5. The van der Waals surface area contributed by atoms with Crippen LogP contribution in [0.15, 0.2) is 18.2 Å². The Morgan fingerprint density at radius 2 is 2.04 bits per heavy atom. The highest BCUT2D eigenvalue weighted by molar-refractivity contribution is 5.95. The summed E-state index contributed by atoms with van der Waals surface area (Å²) in [5, 5.41) is 12.6. The summed E-state index contributed by atoms with van der Waals surface area (Å²) >= 11 is 0. The number of carbonyl (C=O) groups is 3. The molecule has 122 valence electrons. The van der Waals surface area contributed by atoms with Gasteiger partial charge >= 0.3 is 5.97 Å². The summed E-state index contributed by atoms with van der Waals surface area (Å²) in [6, 6.07) is 4.86. The molecule has 9 nitrogen and oxygen atoms in total. The number of likely N-dealkylation sites (N-methyl/N-ethyl adjacent to an activating group) is 1. The van der Waals surface area contributed by atoms with Crippen molar-refractivity contribution in [2.75, 3.05) is 20.2 Å². The van der Waals surface area contributed by atoms with Gasteiger partial charge in [-0.1, -0.05) is 5.21 Å². The molecule has 0 radical (unpaired) electrons. The smallest absolute Gasteiger partial charge is 0.338 e. The van der Waals surface area contributed by atoms with Gasteiger partial charge in [-0.3, -0.25) is 9.59 Å². The molecule has 2 amide bonds. The highest BCUT2D eigenvalue weighted by Gasteiger charge is 2.13. The monoisotopic (exact) mass is 319 g/mol. The number of carbonyl (C=O) groups excluding carboxylic acids is 3. The van der Waals surface area contributed by atoms with Gasteiger partial charge in [-0.15, -0.1) is 5.10 Å². The van der Waals surface area contributed by atoms with Crippen LogP contribution in [0.2, 0.25) is 0 Å². The minimum Gasteiger partial charge on any atom is -0.452 e. The van der Waals surface area contributed by atoms with Crippen molar-refractivity contribution in [3.8, 4) is 0 Å². The molecule has 0 bridgehead atoms. The molecule has 9 heteroatoms. The van der Waals surface area contributed by atoms with Crippen LogP contribution in [-0.4, -0.2) is 53.0 Å². The van der Waals surface area contributed by atoms with E-state index in [0.717, 1.165) is 5.52 Å². The molecule has 0 aliphatic carbocycles. The number of esters is 1. The van der Waals surface area contributed by atoms with Gasteiger partial charge < -0.3 is 15.4 Å². The first-order chi connectivity index (χ1) is 11.0. The third kappa shape index (κ3) is 4.02. The van der Waals surface area contributed by atoms with Crippen LogP contribution in [0.3, 0.4) is 0 Å². The molecule has 0 fully saturated rings. The maximum atomic E-state index is 11.9. The lowest BCUT2D eigenvalue weighted by Crippen LogP contribution is -2.37. The van der Waals surface area contributed by atoms with Crippen LogP contribution in [-0.2, 0) is 20.9 Å². The summed E-state index contributed by atoms with van der Waals surface area (Å²) in [7, 11) is 1.46. The zero-order chi connectivity index (χ0) is 16.8. The molecule has 0 spiro atoms. The predicted octanol–water partition coefficient (Wildman–Crippen LogP) is -0.530. The Balaban J connectivity index is 1.93. The SMILES string of the molecule is CCn1nnc2cc(C(=O)OCC(=O)NCC(=O)NC)ccc21. The molecule has 0 saturated heterocycles. The van der Waals surface area contributed by atoms with E-state index in [1.807, 2.05) is 6.92 Å². The van der Waals surface area contributed by atoms with Gasteiger partial charge in [0.1, 0.15) is 5.52 Å². The van der Waals surface area contributed by atoms with E-state index >= 15 is 0 Å². The third-order valence-corrected chi connectivity index (χ3v) is 3.11. The number of aryl methyl sites for hydroxylation is 1. The summed E-state index contributed by atoms with van der Waals surface area (Å²) in [6.45, 7) is 1.98. The van der Waals surface area contributed by atoms with E-state index in [1.54, 1.807) is 22.9 Å². The van der Waals surface area contributed by atoms with Gasteiger partial charge in [0.25, 0.3) is 5.91 Å². The van der Waals surface area contributed by atoms with E-state index in [1.165, 1.54) is 7.05 Å². The maximum absolute atomic E-state index is 11.9. The number of fused-ring (bicyclic) bond motifs is 1. The Labute approximate surface area is 132 Å². The zero-order valence-corrected chi connectivity index (χ0v) is 12.8. The van der Waals surface area contributed by atoms with Crippen molar-refractivity contribution in [3.05, 3.63) is 23.8 Å². The first-order valence-electron chi connectivity index (χ1n) is 7.02. The fourth-order valence-corrected chi connectivity index (χ4v) is 1.87. The van der Waals surface area contributed by atoms with Gasteiger partial charge in [-0.05, 0) is 25.1 Å². The normalized spacial score (nSPS) is 10.3. The van der Waals surface area contributed by atoms with E-state index in [2.05, 4.69) is 20.9 Å². The number of rotatable bonds is 6. The number of hydrogen-bond acceptors (Lipinski definition) is 6. The molecular weight excluding hydrogens is 302 g/mol. The van der Waals surface area contributed by atoms with Gasteiger partial charge in [-0.2, -0.15) is 0 Å². The Bertz CT molecular complexity index is 740. The fraction of sp³-hybridized carbons (Fsp3) is 0.357. The predicted molar refractivity (Wildman–Crippen MR) is 80.6 cm³/mol. The van der Waals surface area contributed by atoms with E-state index in [4.69, 9.17) is 4.74 Å². The van der Waals surface area contributed by atoms with Crippen molar-refractivity contribution in [2.24, 2.45) is 0 Å². The van der Waals surface area contributed by atoms with Gasteiger partial charge in [-0.25, -0.2) is 9.48 Å². The molecule has 23 heavy (non-hydrogen) atoms. The number of nitrogens with zero attached hydrogens (tertiary/aromatic N) is 3. The maximum Gasteiger partial charge on any atom is 0.338 e. The second-order valence-electron chi connectivity index (χ2n) is 4.63. The van der Waals surface area contributed by atoms with Crippen LogP contribution in [0.4, 0.5) is 0 Å². The van der Waals surface area contributed by atoms with E-state index in [0.29, 0.717) is 12.1 Å². The van der Waals surface area contributed by atoms with Gasteiger partial charge in [0.2, 0.25) is 5.91 Å². The Morgan fingerprint density at radius 3 is 2.74 bits per heavy atom. The van der Waals surface area contributed by atoms with Gasteiger partial charge in [0.05, 0.1) is 17.6 Å². The average Bonchev–Trinajstić information content (AvgIpc) is 2.99. The Morgan fingerprint density at radius 1 is 1.26 bits per heavy atom. The van der Waals surface area contributed by atoms with E-state index in [-0.39, 0.29) is 18.0 Å². The van der Waals surface area contributed by atoms with Gasteiger partial charge in [0.15, 0.2) is 6.61 Å². The average molecular weight is 319 g/mol. The fourth-order valence-electron chi connectivity index (χ4n) is 1.87. The van der Waals surface area contributed by atoms with Crippen molar-refractivity contribution < 1.29 is 19.1 Å². The van der Waals surface area contributed by atoms with Crippen molar-refractivity contribution in [1.29, 1.82) is 0 Å². The molecule has 2 rings (SSSR count). The molecule has 0 aliphatic heterocycles. The lowest BCUT2D eigenvalue weighted by molar-refractivity contribution is -0.127. The quantitative estimate of drug-likeness (QED) is 0.692. The molecule has 1 aromatic heterocycles. The van der Waals surface area contributed by atoms with Crippen molar-refractivity contribution in [2.45, 2.75) is 13.5 Å². The zero-order valence-electron chi connectivity index (χ0n) is 12.8. The van der Waals surface area contributed by atoms with E-state index in [9.17, 15) is 14.4 Å². The molecule has 0 aliphatic rings. The third-order valence-electron chi connectivity index (χ3n) is 3.11. The number of amides is 2. The second-order valence-corrected chi connectivity index (χ2v) is 4.63. The molecule has 0 atom stereocenters. The summed E-state index contributed by atoms with van der Waals surface area (Å²) in [6.07, 6.45) is 0. The van der Waals surface area contributed by atoms with Crippen molar-refractivity contribution >= 4 is 28.8 Å². The molecule has 1 aromatic carbocycles. The van der Waals surface area contributed by atoms with Crippen LogP contribution in [0.5, 0.6) is 0 Å². The minimum atomic E-state index is -0.645. The number of nitrogens with one attached hydrogen (secondary N) is 2. The summed E-state index contributed by atoms with van der Waals surface area (Å²) in [5.74, 6) is -1.54. The van der Waals surface area contributed by atoms with Crippen LogP contribution >= 0.6 is 0 Å². The lowest BCUT2D eigenvalue weighted by Gasteiger charge is -2.06. The number of benzene rings is 1. The van der Waals surface area contributed by atoms with Gasteiger partial charge in [0, 0.05) is 13.6 Å². The van der Waals surface area contributed by atoms with Crippen LogP contribution in [0, 0.1) is 0 Å². The standard InChI is InChI=1S/C14H17N5O4/c1-3-19-11-5-4-9(6-10(11)17-18-19)14(22)23-8-13(21)16-7-12(20)15-2/h4-6H,3,7-8H2,1-2H3,(H,15,20)(H,16,21). The first-order valence-corrected chi connectivity index (χ1v) is 7.02. The molecule has 1 heterocycles. The van der Waals surface area contributed by atoms with Crippen molar-refractivity contribution in [1.82, 2.24) is 25.6 Å². The molecule has 2 aromatic rings. The lowest BCUT2D eigenvalue weighted by atomic mass is 10.2. The van der Waals surface area contributed by atoms with Crippen LogP contribution in [0.1, 0.15) is 17.3 Å². The molecular formula is C14H17N5O4. The number of aromatic nitrogens is 3. The molecule has 2 N–H and O–H groups in total. The molecule has 0 saturated carbocycles. The summed E-state index contributed by atoms with van der Waals surface area (Å²) in [4.78, 5) is 34.4. The number of hydrogen-bond donors (Lipinski definition) is 2. The Hall–Kier alpha value is -2.97. The first kappa shape index (κ1) is 16.4. The van der Waals surface area contributed by atoms with Crippen LogP contribution < -0.4 is 10.6 Å². The largest absolute Gasteiger partial charge is 0.452 e. The molecule has 0 unspecified atom stereocenters. The topological polar surface area (TPSA) is 115 Å². The number of ether oxygens (including phenoxy) is 1. The minimum absolute atomic E-state index is 0.168. The summed E-state index contributed by atoms with van der Waals surface area (Å²) in [5.41, 5.74) is 1.66. The Kier molecular flexibility index (Phi) is 5.23. The van der Waals surface area contributed by atoms with Crippen molar-refractivity contribution in [3.63, 3.8) is 0 Å². The van der Waals surface area contributed by atoms with Crippen LogP contribution in [0.25, 0.3) is 11.0 Å².